The monoisotopic (exact) mass is 273 g/mol. The molecule has 0 aliphatic heterocycles. The predicted octanol–water partition coefficient (Wildman–Crippen LogP) is 2.12. The van der Waals surface area contributed by atoms with Crippen LogP contribution in [0.4, 0.5) is 11.4 Å². The van der Waals surface area contributed by atoms with Crippen molar-refractivity contribution in [2.75, 3.05) is 18.4 Å². The smallest absolute Gasteiger partial charge is 0.292 e. The van der Waals surface area contributed by atoms with Gasteiger partial charge in [0, 0.05) is 17.1 Å². The molecule has 0 bridgehead atoms. The van der Waals surface area contributed by atoms with Gasteiger partial charge in [0.05, 0.1) is 4.92 Å². The molecule has 82 valence electrons. The highest BCUT2D eigenvalue weighted by atomic mass is 79.9. The molecule has 6 heteroatoms. The van der Waals surface area contributed by atoms with Gasteiger partial charge in [-0.1, -0.05) is 15.9 Å². The number of hydrogen-bond donors (Lipinski definition) is 2. The summed E-state index contributed by atoms with van der Waals surface area (Å²) in [6, 6.07) is 4.80. The fourth-order valence-electron chi connectivity index (χ4n) is 1.13. The summed E-state index contributed by atoms with van der Waals surface area (Å²) in [6.45, 7) is 1.20. The van der Waals surface area contributed by atoms with Gasteiger partial charge in [-0.25, -0.2) is 0 Å². The first-order valence-corrected chi connectivity index (χ1v) is 5.32. The molecule has 0 unspecified atom stereocenters. The first-order chi connectivity index (χ1) is 7.15. The molecule has 0 saturated heterocycles. The van der Waals surface area contributed by atoms with E-state index < -0.39 is 4.92 Å². The number of nitrogens with one attached hydrogen (secondary N) is 1. The van der Waals surface area contributed by atoms with E-state index in [0.29, 0.717) is 18.8 Å². The molecule has 0 fully saturated rings. The molecule has 15 heavy (non-hydrogen) atoms. The van der Waals surface area contributed by atoms with Gasteiger partial charge in [-0.15, -0.1) is 0 Å². The van der Waals surface area contributed by atoms with Crippen molar-refractivity contribution in [3.63, 3.8) is 0 Å². The molecule has 0 aliphatic carbocycles. The van der Waals surface area contributed by atoms with Crippen LogP contribution in [-0.2, 0) is 0 Å². The normalized spacial score (nSPS) is 10.0. The third kappa shape index (κ3) is 3.49. The van der Waals surface area contributed by atoms with Crippen LogP contribution in [0.15, 0.2) is 22.7 Å². The summed E-state index contributed by atoms with van der Waals surface area (Å²) in [5.41, 5.74) is 5.93. The van der Waals surface area contributed by atoms with Crippen LogP contribution in [0, 0.1) is 10.1 Å². The van der Waals surface area contributed by atoms with Crippen LogP contribution in [0.2, 0.25) is 0 Å². The van der Waals surface area contributed by atoms with E-state index in [1.54, 1.807) is 12.1 Å². The van der Waals surface area contributed by atoms with E-state index in [2.05, 4.69) is 21.2 Å². The van der Waals surface area contributed by atoms with Crippen LogP contribution in [0.5, 0.6) is 0 Å². The average molecular weight is 274 g/mol. The van der Waals surface area contributed by atoms with E-state index in [4.69, 9.17) is 5.73 Å². The maximum atomic E-state index is 10.7. The number of nitro benzene ring substituents is 1. The molecular weight excluding hydrogens is 262 g/mol. The Morgan fingerprint density at radius 3 is 2.87 bits per heavy atom. The zero-order valence-corrected chi connectivity index (χ0v) is 9.66. The van der Waals surface area contributed by atoms with Crippen molar-refractivity contribution in [1.29, 1.82) is 0 Å². The fourth-order valence-corrected chi connectivity index (χ4v) is 1.50. The SMILES string of the molecule is NCCCNc1cc(Br)ccc1[N+](=O)[O-]. The van der Waals surface area contributed by atoms with Gasteiger partial charge in [0.2, 0.25) is 0 Å². The molecule has 0 amide bonds. The number of nitro groups is 1. The van der Waals surface area contributed by atoms with Crippen molar-refractivity contribution in [1.82, 2.24) is 0 Å². The molecule has 0 saturated carbocycles. The zero-order chi connectivity index (χ0) is 11.3. The summed E-state index contributed by atoms with van der Waals surface area (Å²) in [6.07, 6.45) is 0.781. The minimum Gasteiger partial charge on any atom is -0.379 e. The largest absolute Gasteiger partial charge is 0.379 e. The van der Waals surface area contributed by atoms with E-state index in [1.165, 1.54) is 6.07 Å². The first-order valence-electron chi connectivity index (χ1n) is 4.53. The molecule has 1 rings (SSSR count). The lowest BCUT2D eigenvalue weighted by molar-refractivity contribution is -0.384. The second kappa shape index (κ2) is 5.67. The van der Waals surface area contributed by atoms with E-state index >= 15 is 0 Å². The van der Waals surface area contributed by atoms with Crippen molar-refractivity contribution < 1.29 is 4.92 Å². The van der Waals surface area contributed by atoms with Gasteiger partial charge >= 0.3 is 0 Å². The van der Waals surface area contributed by atoms with Crippen molar-refractivity contribution in [3.05, 3.63) is 32.8 Å². The fraction of sp³-hybridized carbons (Fsp3) is 0.333. The third-order valence-corrected chi connectivity index (χ3v) is 2.34. The molecule has 0 heterocycles. The summed E-state index contributed by atoms with van der Waals surface area (Å²) >= 11 is 3.27. The first kappa shape index (κ1) is 11.9. The number of hydrogen-bond acceptors (Lipinski definition) is 4. The minimum atomic E-state index is -0.406. The topological polar surface area (TPSA) is 81.2 Å². The number of rotatable bonds is 5. The Labute approximate surface area is 95.9 Å². The Morgan fingerprint density at radius 1 is 1.53 bits per heavy atom. The molecule has 1 aromatic carbocycles. The lowest BCUT2D eigenvalue weighted by atomic mass is 10.2. The summed E-state index contributed by atoms with van der Waals surface area (Å²) in [5, 5.41) is 13.7. The Bertz CT molecular complexity index is 357. The molecule has 0 radical (unpaired) electrons. The maximum absolute atomic E-state index is 10.7. The van der Waals surface area contributed by atoms with Crippen molar-refractivity contribution in [3.8, 4) is 0 Å². The molecule has 0 aliphatic rings. The molecule has 0 aromatic heterocycles. The van der Waals surface area contributed by atoms with E-state index in [9.17, 15) is 10.1 Å². The van der Waals surface area contributed by atoms with Crippen LogP contribution < -0.4 is 11.1 Å². The number of halogens is 1. The highest BCUT2D eigenvalue weighted by Gasteiger charge is 2.12. The number of benzene rings is 1. The molecule has 0 atom stereocenters. The maximum Gasteiger partial charge on any atom is 0.292 e. The van der Waals surface area contributed by atoms with Gasteiger partial charge in [0.1, 0.15) is 5.69 Å². The summed E-state index contributed by atoms with van der Waals surface area (Å²) in [7, 11) is 0. The standard InChI is InChI=1S/C9H12BrN3O2/c10-7-2-3-9(13(14)15)8(6-7)12-5-1-4-11/h2-3,6,12H,1,4-5,11H2. The Balaban J connectivity index is 2.82. The van der Waals surface area contributed by atoms with Gasteiger partial charge in [0.25, 0.3) is 5.69 Å². The van der Waals surface area contributed by atoms with Crippen LogP contribution >= 0.6 is 15.9 Å². The lowest BCUT2D eigenvalue weighted by Gasteiger charge is -2.06. The lowest BCUT2D eigenvalue weighted by Crippen LogP contribution is -2.09. The summed E-state index contributed by atoms with van der Waals surface area (Å²) in [5.74, 6) is 0. The average Bonchev–Trinajstić information content (AvgIpc) is 2.18. The molecule has 5 nitrogen and oxygen atoms in total. The van der Waals surface area contributed by atoms with E-state index in [-0.39, 0.29) is 5.69 Å². The summed E-state index contributed by atoms with van der Waals surface area (Å²) in [4.78, 5) is 10.3. The van der Waals surface area contributed by atoms with E-state index in [0.717, 1.165) is 10.9 Å². The number of nitrogens with two attached hydrogens (primary N) is 1. The Kier molecular flexibility index (Phi) is 4.51. The van der Waals surface area contributed by atoms with Crippen molar-refractivity contribution in [2.24, 2.45) is 5.73 Å². The van der Waals surface area contributed by atoms with E-state index in [1.807, 2.05) is 0 Å². The third-order valence-electron chi connectivity index (χ3n) is 1.85. The highest BCUT2D eigenvalue weighted by Crippen LogP contribution is 2.27. The van der Waals surface area contributed by atoms with Gasteiger partial charge in [-0.05, 0) is 25.1 Å². The highest BCUT2D eigenvalue weighted by molar-refractivity contribution is 9.10. The second-order valence-corrected chi connectivity index (χ2v) is 3.90. The van der Waals surface area contributed by atoms with Gasteiger partial charge < -0.3 is 11.1 Å². The van der Waals surface area contributed by atoms with Crippen molar-refractivity contribution >= 4 is 27.3 Å². The molecule has 1 aromatic rings. The zero-order valence-electron chi connectivity index (χ0n) is 8.07. The molecule has 0 spiro atoms. The van der Waals surface area contributed by atoms with Crippen molar-refractivity contribution in [2.45, 2.75) is 6.42 Å². The summed E-state index contributed by atoms with van der Waals surface area (Å²) < 4.78 is 0.809. The second-order valence-electron chi connectivity index (χ2n) is 2.99. The number of anilines is 1. The van der Waals surface area contributed by atoms with Gasteiger partial charge in [0.15, 0.2) is 0 Å². The Hall–Kier alpha value is -1.14. The Morgan fingerprint density at radius 2 is 2.27 bits per heavy atom. The van der Waals surface area contributed by atoms with Crippen LogP contribution in [0.1, 0.15) is 6.42 Å². The van der Waals surface area contributed by atoms with Crippen LogP contribution in [0.25, 0.3) is 0 Å². The predicted molar refractivity (Wildman–Crippen MR) is 63.0 cm³/mol. The number of nitrogens with zero attached hydrogens (tertiary/aromatic N) is 1. The van der Waals surface area contributed by atoms with Gasteiger partial charge in [-0.3, -0.25) is 10.1 Å². The molecular formula is C9H12BrN3O2. The molecule has 3 N–H and O–H groups in total. The van der Waals surface area contributed by atoms with Crippen LogP contribution in [-0.4, -0.2) is 18.0 Å². The quantitative estimate of drug-likeness (QED) is 0.489. The van der Waals surface area contributed by atoms with Crippen LogP contribution in [0.3, 0.4) is 0 Å². The van der Waals surface area contributed by atoms with Gasteiger partial charge in [-0.2, -0.15) is 0 Å². The minimum absolute atomic E-state index is 0.0789.